The van der Waals surface area contributed by atoms with E-state index in [4.69, 9.17) is 28.6 Å². The number of carbonyl (C=O) groups excluding carboxylic acids is 1. The van der Waals surface area contributed by atoms with E-state index in [-0.39, 0.29) is 5.91 Å². The molecule has 0 spiro atoms. The van der Waals surface area contributed by atoms with Crippen molar-refractivity contribution in [3.05, 3.63) is 93.7 Å². The van der Waals surface area contributed by atoms with E-state index in [2.05, 4.69) is 20.6 Å². The first kappa shape index (κ1) is 20.5. The van der Waals surface area contributed by atoms with Crippen LogP contribution >= 0.6 is 23.2 Å². The minimum Gasteiger partial charge on any atom is -0.346 e. The van der Waals surface area contributed by atoms with Crippen molar-refractivity contribution in [3.63, 3.8) is 0 Å². The predicted octanol–water partition coefficient (Wildman–Crippen LogP) is 4.96. The molecule has 146 valence electrons. The van der Waals surface area contributed by atoms with E-state index in [0.29, 0.717) is 21.3 Å². The smallest absolute Gasteiger partial charge is 0.252 e. The molecule has 1 heterocycles. The second-order valence-electron chi connectivity index (χ2n) is 5.99. The number of rotatable bonds is 7. The van der Waals surface area contributed by atoms with E-state index in [1.807, 2.05) is 12.1 Å². The summed E-state index contributed by atoms with van der Waals surface area (Å²) in [5.74, 6) is -0.249. The third-order valence-electron chi connectivity index (χ3n) is 4.05. The van der Waals surface area contributed by atoms with Gasteiger partial charge in [-0.2, -0.15) is 0 Å². The molecule has 3 aromatic rings. The molecule has 2 aromatic carbocycles. The fourth-order valence-corrected chi connectivity index (χ4v) is 2.86. The largest absolute Gasteiger partial charge is 0.346 e. The molecule has 0 aliphatic carbocycles. The van der Waals surface area contributed by atoms with Crippen molar-refractivity contribution >= 4 is 47.5 Å². The summed E-state index contributed by atoms with van der Waals surface area (Å²) in [6.07, 6.45) is 3.86. The molecule has 0 aliphatic rings. The first-order valence-corrected chi connectivity index (χ1v) is 9.37. The van der Waals surface area contributed by atoms with Crippen LogP contribution in [0.15, 0.2) is 71.9 Å². The number of anilines is 1. The van der Waals surface area contributed by atoms with E-state index >= 15 is 0 Å². The van der Waals surface area contributed by atoms with Crippen LogP contribution < -0.4 is 10.6 Å². The molecule has 0 radical (unpaired) electrons. The molecule has 1 amide bonds. The van der Waals surface area contributed by atoms with Gasteiger partial charge in [-0.1, -0.05) is 35.3 Å². The Morgan fingerprint density at radius 3 is 2.31 bits per heavy atom. The van der Waals surface area contributed by atoms with Crippen LogP contribution in [0.25, 0.3) is 0 Å². The fourth-order valence-electron chi connectivity index (χ4n) is 2.62. The van der Waals surface area contributed by atoms with E-state index in [0.717, 1.165) is 17.6 Å². The summed E-state index contributed by atoms with van der Waals surface area (Å²) in [6, 6.07) is 17.2. The van der Waals surface area contributed by atoms with Gasteiger partial charge in [-0.05, 0) is 54.1 Å². The van der Waals surface area contributed by atoms with Gasteiger partial charge in [0.2, 0.25) is 0 Å². The number of carbonyl (C=O) groups is 1. The molecule has 6 nitrogen and oxygen atoms in total. The van der Waals surface area contributed by atoms with E-state index < -0.39 is 6.04 Å². The van der Waals surface area contributed by atoms with E-state index in [9.17, 15) is 4.79 Å². The number of nitrogens with one attached hydrogen (secondary N) is 3. The number of benzene rings is 2. The van der Waals surface area contributed by atoms with Crippen LogP contribution in [0.1, 0.15) is 27.7 Å². The maximum absolute atomic E-state index is 12.8. The number of hydrogen-bond donors (Lipinski definition) is 3. The Kier molecular flexibility index (Phi) is 6.94. The van der Waals surface area contributed by atoms with Crippen molar-refractivity contribution in [2.75, 3.05) is 5.32 Å². The van der Waals surface area contributed by atoms with Crippen molar-refractivity contribution in [1.29, 1.82) is 5.41 Å². The Balaban J connectivity index is 1.82. The second kappa shape index (κ2) is 9.82. The molecule has 0 bridgehead atoms. The molecule has 29 heavy (non-hydrogen) atoms. The van der Waals surface area contributed by atoms with Crippen molar-refractivity contribution in [2.45, 2.75) is 6.04 Å². The number of halogens is 2. The normalized spacial score (nSPS) is 11.8. The zero-order chi connectivity index (χ0) is 20.6. The summed E-state index contributed by atoms with van der Waals surface area (Å²) < 4.78 is 0. The highest BCUT2D eigenvalue weighted by Crippen LogP contribution is 2.24. The maximum atomic E-state index is 12.8. The van der Waals surface area contributed by atoms with Crippen LogP contribution in [0.3, 0.4) is 0 Å². The lowest BCUT2D eigenvalue weighted by molar-refractivity contribution is 0.0942. The van der Waals surface area contributed by atoms with Crippen molar-refractivity contribution in [2.24, 2.45) is 4.99 Å². The lowest BCUT2D eigenvalue weighted by atomic mass is 10.0. The number of pyridine rings is 1. The third kappa shape index (κ3) is 5.63. The zero-order valence-corrected chi connectivity index (χ0v) is 16.7. The lowest BCUT2D eigenvalue weighted by Gasteiger charge is -2.19. The molecule has 3 N–H and O–H groups in total. The first-order chi connectivity index (χ1) is 14.1. The summed E-state index contributed by atoms with van der Waals surface area (Å²) in [5.41, 5.74) is 2.75. The number of hydrogen-bond acceptors (Lipinski definition) is 3. The SMILES string of the molecule is N=C/N=C\Nc1ccc(C(=O)N[C@@H](c2ccc(Cl)cc2)c2ccc(Cl)cn2)cc1. The molecule has 0 unspecified atom stereocenters. The average Bonchev–Trinajstić information content (AvgIpc) is 2.74. The number of aliphatic imine (C=N–C) groups is 1. The summed E-state index contributed by atoms with van der Waals surface area (Å²) in [4.78, 5) is 20.8. The Morgan fingerprint density at radius 1 is 1.00 bits per heavy atom. The molecule has 8 heteroatoms. The minimum absolute atomic E-state index is 0.249. The predicted molar refractivity (Wildman–Crippen MR) is 117 cm³/mol. The monoisotopic (exact) mass is 425 g/mol. The third-order valence-corrected chi connectivity index (χ3v) is 4.53. The van der Waals surface area contributed by atoms with Gasteiger partial charge in [0, 0.05) is 22.5 Å². The lowest BCUT2D eigenvalue weighted by Crippen LogP contribution is -2.29. The van der Waals surface area contributed by atoms with Crippen LogP contribution in [0.2, 0.25) is 10.0 Å². The summed E-state index contributed by atoms with van der Waals surface area (Å²) in [6.45, 7) is 0. The molecule has 1 aromatic heterocycles. The van der Waals surface area contributed by atoms with Crippen molar-refractivity contribution in [3.8, 4) is 0 Å². The molecule has 0 aliphatic heterocycles. The van der Waals surface area contributed by atoms with Gasteiger partial charge >= 0.3 is 0 Å². The Bertz CT molecular complexity index is 957. The fraction of sp³-hybridized carbons (Fsp3) is 0.0476. The standard InChI is InChI=1S/C21H17Cl2N5O/c22-16-5-1-14(2-6-16)20(19-10-7-17(23)11-26-19)28-21(29)15-3-8-18(9-4-15)27-13-25-12-24/h1-13,20H,(H,28,29)(H2,24,25,27)/t20-/m0/s1. The van der Waals surface area contributed by atoms with Gasteiger partial charge in [-0.3, -0.25) is 15.2 Å². The van der Waals surface area contributed by atoms with Gasteiger partial charge in [-0.15, -0.1) is 0 Å². The number of amides is 1. The van der Waals surface area contributed by atoms with Gasteiger partial charge in [0.15, 0.2) is 0 Å². The van der Waals surface area contributed by atoms with Gasteiger partial charge < -0.3 is 10.6 Å². The van der Waals surface area contributed by atoms with Gasteiger partial charge in [0.05, 0.1) is 23.1 Å². The van der Waals surface area contributed by atoms with Crippen LogP contribution in [0.5, 0.6) is 0 Å². The first-order valence-electron chi connectivity index (χ1n) is 8.62. The number of aromatic nitrogens is 1. The Morgan fingerprint density at radius 2 is 1.69 bits per heavy atom. The van der Waals surface area contributed by atoms with E-state index in [1.54, 1.807) is 54.7 Å². The molecule has 0 fully saturated rings. The summed E-state index contributed by atoms with van der Waals surface area (Å²) in [7, 11) is 0. The van der Waals surface area contributed by atoms with Crippen LogP contribution in [0.4, 0.5) is 5.69 Å². The quantitative estimate of drug-likeness (QED) is 0.369. The van der Waals surface area contributed by atoms with Gasteiger partial charge in [0.1, 0.15) is 6.34 Å². The van der Waals surface area contributed by atoms with Crippen LogP contribution in [-0.4, -0.2) is 23.6 Å². The van der Waals surface area contributed by atoms with E-state index in [1.165, 1.54) is 6.34 Å². The van der Waals surface area contributed by atoms with Crippen LogP contribution in [-0.2, 0) is 0 Å². The average molecular weight is 426 g/mol. The van der Waals surface area contributed by atoms with Crippen molar-refractivity contribution < 1.29 is 4.79 Å². The Labute approximate surface area is 178 Å². The minimum atomic E-state index is -0.463. The molecular weight excluding hydrogens is 409 g/mol. The molecule has 1 atom stereocenters. The number of nitrogens with zero attached hydrogens (tertiary/aromatic N) is 2. The van der Waals surface area contributed by atoms with Crippen LogP contribution in [0, 0.1) is 5.41 Å². The summed E-state index contributed by atoms with van der Waals surface area (Å²) >= 11 is 11.9. The highest BCUT2D eigenvalue weighted by Gasteiger charge is 2.19. The molecule has 0 saturated carbocycles. The summed E-state index contributed by atoms with van der Waals surface area (Å²) in [5, 5.41) is 13.9. The van der Waals surface area contributed by atoms with Gasteiger partial charge in [0.25, 0.3) is 5.91 Å². The molecular formula is C21H17Cl2N5O. The highest BCUT2D eigenvalue weighted by molar-refractivity contribution is 6.30. The maximum Gasteiger partial charge on any atom is 0.252 e. The van der Waals surface area contributed by atoms with Crippen molar-refractivity contribution in [1.82, 2.24) is 10.3 Å². The second-order valence-corrected chi connectivity index (χ2v) is 6.86. The Hall–Kier alpha value is -3.22. The van der Waals surface area contributed by atoms with Gasteiger partial charge in [-0.25, -0.2) is 4.99 Å². The molecule has 3 rings (SSSR count). The highest BCUT2D eigenvalue weighted by atomic mass is 35.5. The molecule has 0 saturated heterocycles. The zero-order valence-electron chi connectivity index (χ0n) is 15.1. The topological polar surface area (TPSA) is 90.2 Å².